The molecule has 0 radical (unpaired) electrons. The second-order valence-electron chi connectivity index (χ2n) is 10.5. The van der Waals surface area contributed by atoms with Crippen molar-refractivity contribution in [1.29, 1.82) is 5.26 Å². The summed E-state index contributed by atoms with van der Waals surface area (Å²) in [6.07, 6.45) is 1.25. The number of fused-ring (bicyclic) bond motifs is 2. The summed E-state index contributed by atoms with van der Waals surface area (Å²) in [4.78, 5) is 44.5. The maximum Gasteiger partial charge on any atom is 0.408 e. The zero-order valence-electron chi connectivity index (χ0n) is 20.7. The Morgan fingerprint density at radius 3 is 2.58 bits per heavy atom. The Bertz CT molecular complexity index is 1060. The van der Waals surface area contributed by atoms with Gasteiger partial charge in [-0.05, 0) is 52.2 Å². The minimum Gasteiger partial charge on any atom is -0.444 e. The highest BCUT2D eigenvalue weighted by atomic mass is 35.5. The number of carbonyl (C=O) groups excluding carboxylic acids is 3. The van der Waals surface area contributed by atoms with Crippen molar-refractivity contribution in [2.24, 2.45) is 0 Å². The highest BCUT2D eigenvalue weighted by molar-refractivity contribution is 6.36. The number of amides is 3. The zero-order chi connectivity index (χ0) is 26.2. The molecule has 0 saturated carbocycles. The highest BCUT2D eigenvalue weighted by Crippen LogP contribution is 2.36. The molecule has 0 spiro atoms. The largest absolute Gasteiger partial charge is 0.444 e. The van der Waals surface area contributed by atoms with Crippen LogP contribution in [0.1, 0.15) is 45.6 Å². The van der Waals surface area contributed by atoms with Crippen molar-refractivity contribution >= 4 is 41.1 Å². The number of nitriles is 1. The number of benzene rings is 1. The van der Waals surface area contributed by atoms with Crippen LogP contribution in [0.4, 0.5) is 4.79 Å². The number of piperazine rings is 1. The van der Waals surface area contributed by atoms with E-state index in [4.69, 9.17) is 27.9 Å². The third-order valence-electron chi connectivity index (χ3n) is 6.87. The van der Waals surface area contributed by atoms with Crippen LogP contribution < -0.4 is 5.32 Å². The normalized spacial score (nSPS) is 24.7. The molecule has 0 aliphatic carbocycles. The topological polar surface area (TPSA) is 106 Å². The third-order valence-corrected chi connectivity index (χ3v) is 7.58. The van der Waals surface area contributed by atoms with E-state index in [1.165, 1.54) is 4.90 Å². The van der Waals surface area contributed by atoms with Crippen LogP contribution in [0, 0.1) is 11.3 Å². The summed E-state index contributed by atoms with van der Waals surface area (Å²) in [6.45, 7) is 6.72. The molecule has 194 valence electrons. The molecule has 0 aromatic heterocycles. The predicted molar refractivity (Wildman–Crippen MR) is 134 cm³/mol. The van der Waals surface area contributed by atoms with Gasteiger partial charge in [0.05, 0.1) is 12.1 Å². The Balaban J connectivity index is 1.47. The first kappa shape index (κ1) is 26.5. The van der Waals surface area contributed by atoms with E-state index in [1.54, 1.807) is 43.9 Å². The molecule has 3 aliphatic rings. The third kappa shape index (κ3) is 5.56. The molecule has 11 heteroatoms. The highest BCUT2D eigenvalue weighted by Gasteiger charge is 2.50. The number of hydrogen-bond acceptors (Lipinski definition) is 6. The first-order valence-electron chi connectivity index (χ1n) is 12.2. The molecule has 2 bridgehead atoms. The summed E-state index contributed by atoms with van der Waals surface area (Å²) in [7, 11) is 0. The summed E-state index contributed by atoms with van der Waals surface area (Å²) in [6, 6.07) is 5.52. The van der Waals surface area contributed by atoms with E-state index in [9.17, 15) is 19.6 Å². The lowest BCUT2D eigenvalue weighted by molar-refractivity contribution is -0.140. The molecular formula is C25H31Cl2N5O4. The van der Waals surface area contributed by atoms with Crippen LogP contribution in [0.3, 0.4) is 0 Å². The molecule has 3 aliphatic heterocycles. The minimum absolute atomic E-state index is 0.0502. The van der Waals surface area contributed by atoms with Gasteiger partial charge < -0.3 is 19.9 Å². The van der Waals surface area contributed by atoms with Crippen LogP contribution in [0.2, 0.25) is 10.0 Å². The number of carbonyl (C=O) groups is 3. The average Bonchev–Trinajstić information content (AvgIpc) is 3.49. The molecule has 3 amide bonds. The van der Waals surface area contributed by atoms with Crippen molar-refractivity contribution in [2.75, 3.05) is 19.6 Å². The Morgan fingerprint density at radius 2 is 1.97 bits per heavy atom. The van der Waals surface area contributed by atoms with Gasteiger partial charge in [-0.15, -0.1) is 0 Å². The lowest BCUT2D eigenvalue weighted by Gasteiger charge is -2.36. The number of alkyl carbamates (subject to hydrolysis) is 1. The summed E-state index contributed by atoms with van der Waals surface area (Å²) in [5.74, 6) is -0.387. The standard InChI is InChI=1S/C25H31Cl2N5O4/c1-25(2,3)36-24(35)29-20(22(33)31-9-5-6-15(31)11-28)14-30-12-16-10-21(30)23(34)32(16)13-17-18(26)7-4-8-19(17)27/h4,7-8,15-16,20-21H,5-6,9-10,12-14H2,1-3H3,(H,29,35)/t15-,16+,20-,21+/m0/s1. The first-order valence-corrected chi connectivity index (χ1v) is 12.9. The second kappa shape index (κ2) is 10.4. The van der Waals surface area contributed by atoms with Crippen LogP contribution in [0.5, 0.6) is 0 Å². The zero-order valence-corrected chi connectivity index (χ0v) is 22.2. The molecule has 0 unspecified atom stereocenters. The van der Waals surface area contributed by atoms with Crippen LogP contribution in [-0.2, 0) is 20.9 Å². The molecule has 3 saturated heterocycles. The van der Waals surface area contributed by atoms with Crippen molar-refractivity contribution in [3.63, 3.8) is 0 Å². The number of ether oxygens (including phenoxy) is 1. The molecule has 1 aromatic carbocycles. The summed E-state index contributed by atoms with van der Waals surface area (Å²) in [5, 5.41) is 13.2. The van der Waals surface area contributed by atoms with Gasteiger partial charge in [0.1, 0.15) is 17.7 Å². The molecule has 4 atom stereocenters. The van der Waals surface area contributed by atoms with Gasteiger partial charge in [0, 0.05) is 47.8 Å². The molecular weight excluding hydrogens is 505 g/mol. The Kier molecular flexibility index (Phi) is 7.69. The van der Waals surface area contributed by atoms with Crippen molar-refractivity contribution in [2.45, 2.75) is 76.3 Å². The first-order chi connectivity index (χ1) is 17.0. The maximum absolute atomic E-state index is 13.4. The fourth-order valence-corrected chi connectivity index (χ4v) is 5.75. The Morgan fingerprint density at radius 1 is 1.28 bits per heavy atom. The Hall–Kier alpha value is -2.54. The molecule has 1 aromatic rings. The van der Waals surface area contributed by atoms with E-state index in [0.717, 1.165) is 6.42 Å². The number of nitrogens with one attached hydrogen (secondary N) is 1. The van der Waals surface area contributed by atoms with Gasteiger partial charge in [0.15, 0.2) is 0 Å². The molecule has 36 heavy (non-hydrogen) atoms. The molecule has 1 N–H and O–H groups in total. The van der Waals surface area contributed by atoms with E-state index < -0.39 is 29.8 Å². The monoisotopic (exact) mass is 535 g/mol. The fourth-order valence-electron chi connectivity index (χ4n) is 5.23. The van der Waals surface area contributed by atoms with Crippen molar-refractivity contribution in [3.8, 4) is 6.07 Å². The average molecular weight is 536 g/mol. The summed E-state index contributed by atoms with van der Waals surface area (Å²) < 4.78 is 5.38. The van der Waals surface area contributed by atoms with E-state index in [1.807, 2.05) is 4.90 Å². The van der Waals surface area contributed by atoms with Crippen molar-refractivity contribution in [3.05, 3.63) is 33.8 Å². The molecule has 4 rings (SSSR count). The molecule has 9 nitrogen and oxygen atoms in total. The van der Waals surface area contributed by atoms with Gasteiger partial charge in [0.25, 0.3) is 0 Å². The Labute approximate surface area is 221 Å². The summed E-state index contributed by atoms with van der Waals surface area (Å²) in [5.41, 5.74) is -0.0200. The van der Waals surface area contributed by atoms with Gasteiger partial charge >= 0.3 is 6.09 Å². The van der Waals surface area contributed by atoms with Gasteiger partial charge in [-0.3, -0.25) is 14.5 Å². The van der Waals surface area contributed by atoms with Gasteiger partial charge in [-0.1, -0.05) is 29.3 Å². The number of halogens is 2. The summed E-state index contributed by atoms with van der Waals surface area (Å²) >= 11 is 12.6. The van der Waals surface area contributed by atoms with Crippen molar-refractivity contribution in [1.82, 2.24) is 20.0 Å². The number of nitrogens with zero attached hydrogens (tertiary/aromatic N) is 4. The van der Waals surface area contributed by atoms with Gasteiger partial charge in [0.2, 0.25) is 11.8 Å². The fraction of sp³-hybridized carbons (Fsp3) is 0.600. The number of likely N-dealkylation sites (tertiary alicyclic amines) is 3. The quantitative estimate of drug-likeness (QED) is 0.599. The van der Waals surface area contributed by atoms with Crippen LogP contribution in [0.25, 0.3) is 0 Å². The molecule has 3 fully saturated rings. The maximum atomic E-state index is 13.4. The van der Waals surface area contributed by atoms with E-state index in [2.05, 4.69) is 11.4 Å². The van der Waals surface area contributed by atoms with Crippen LogP contribution >= 0.6 is 23.2 Å². The lowest BCUT2D eigenvalue weighted by Crippen LogP contribution is -2.58. The molecule has 3 heterocycles. The van der Waals surface area contributed by atoms with Gasteiger partial charge in [-0.25, -0.2) is 4.79 Å². The second-order valence-corrected chi connectivity index (χ2v) is 11.4. The SMILES string of the molecule is CC(C)(C)OC(=O)N[C@@H](CN1C[C@H]2C[C@@H]1C(=O)N2Cc1c(Cl)cccc1Cl)C(=O)N1CCC[C@H]1C#N. The van der Waals surface area contributed by atoms with E-state index in [0.29, 0.717) is 48.1 Å². The van der Waals surface area contributed by atoms with Gasteiger partial charge in [-0.2, -0.15) is 5.26 Å². The predicted octanol–water partition coefficient (Wildman–Crippen LogP) is 3.19. The van der Waals surface area contributed by atoms with Crippen LogP contribution in [-0.4, -0.2) is 82.0 Å². The van der Waals surface area contributed by atoms with Crippen LogP contribution in [0.15, 0.2) is 18.2 Å². The van der Waals surface area contributed by atoms with E-state index in [-0.39, 0.29) is 24.4 Å². The number of hydrogen-bond donors (Lipinski definition) is 1. The lowest BCUT2D eigenvalue weighted by atomic mass is 10.1. The van der Waals surface area contributed by atoms with E-state index >= 15 is 0 Å². The minimum atomic E-state index is -0.938. The van der Waals surface area contributed by atoms with Crippen molar-refractivity contribution < 1.29 is 19.1 Å². The number of rotatable bonds is 6. The smallest absolute Gasteiger partial charge is 0.408 e.